The zero-order chi connectivity index (χ0) is 22.8. The van der Waals surface area contributed by atoms with Crippen molar-refractivity contribution in [3.8, 4) is 0 Å². The van der Waals surface area contributed by atoms with Crippen LogP contribution >= 0.6 is 7.37 Å². The van der Waals surface area contributed by atoms with E-state index >= 15 is 0 Å². The lowest BCUT2D eigenvalue weighted by atomic mass is 10.1. The summed E-state index contributed by atoms with van der Waals surface area (Å²) in [4.78, 5) is 15.2. The van der Waals surface area contributed by atoms with Gasteiger partial charge < -0.3 is 9.42 Å². The normalized spacial score (nSPS) is 13.1. The van der Waals surface area contributed by atoms with Gasteiger partial charge in [-0.25, -0.2) is 0 Å². The van der Waals surface area contributed by atoms with Gasteiger partial charge in [0.05, 0.1) is 6.61 Å². The van der Waals surface area contributed by atoms with Gasteiger partial charge in [-0.2, -0.15) is 0 Å². The van der Waals surface area contributed by atoms with Crippen LogP contribution in [0.2, 0.25) is 0 Å². The average molecular weight is 452 g/mol. The lowest BCUT2D eigenvalue weighted by Crippen LogP contribution is -2.36. The molecule has 0 radical (unpaired) electrons. The molecule has 0 aliphatic rings. The second-order valence-corrected chi connectivity index (χ2v) is 10.9. The molecule has 0 spiro atoms. The SMILES string of the molecule is CCCCCCCCN(CCCCCCCC)C(=O)CP(=O)(OCC)c1ccccc1. The smallest absolute Gasteiger partial charge is 0.241 e. The molecule has 1 rings (SSSR count). The van der Waals surface area contributed by atoms with Crippen molar-refractivity contribution in [2.24, 2.45) is 0 Å². The molecule has 1 unspecified atom stereocenters. The molecular formula is C26H46NO3P. The van der Waals surface area contributed by atoms with Gasteiger partial charge in [0.15, 0.2) is 0 Å². The quantitative estimate of drug-likeness (QED) is 0.165. The third-order valence-electron chi connectivity index (χ3n) is 5.75. The molecule has 0 aromatic heterocycles. The molecule has 4 nitrogen and oxygen atoms in total. The highest BCUT2D eigenvalue weighted by molar-refractivity contribution is 7.67. The van der Waals surface area contributed by atoms with Crippen molar-refractivity contribution >= 4 is 18.6 Å². The Morgan fingerprint density at radius 1 is 0.774 bits per heavy atom. The predicted octanol–water partition coefficient (Wildman–Crippen LogP) is 7.18. The molecule has 178 valence electrons. The first-order valence-corrected chi connectivity index (χ1v) is 14.4. The van der Waals surface area contributed by atoms with E-state index in [1.807, 2.05) is 42.2 Å². The average Bonchev–Trinajstić information content (AvgIpc) is 2.77. The molecule has 1 atom stereocenters. The van der Waals surface area contributed by atoms with Crippen LogP contribution in [0.5, 0.6) is 0 Å². The highest BCUT2D eigenvalue weighted by Crippen LogP contribution is 2.45. The Morgan fingerprint density at radius 3 is 1.74 bits per heavy atom. The zero-order valence-electron chi connectivity index (χ0n) is 20.3. The summed E-state index contributed by atoms with van der Waals surface area (Å²) in [5, 5.41) is 0.643. The van der Waals surface area contributed by atoms with E-state index in [9.17, 15) is 9.36 Å². The Morgan fingerprint density at radius 2 is 1.26 bits per heavy atom. The highest BCUT2D eigenvalue weighted by Gasteiger charge is 2.31. The molecule has 31 heavy (non-hydrogen) atoms. The van der Waals surface area contributed by atoms with Crippen LogP contribution in [0.25, 0.3) is 0 Å². The molecule has 0 aliphatic carbocycles. The van der Waals surface area contributed by atoms with E-state index in [4.69, 9.17) is 4.52 Å². The van der Waals surface area contributed by atoms with Crippen LogP contribution in [0.3, 0.4) is 0 Å². The number of rotatable bonds is 19. The number of amides is 1. The fourth-order valence-corrected chi connectivity index (χ4v) is 5.90. The van der Waals surface area contributed by atoms with Crippen molar-refractivity contribution in [1.82, 2.24) is 4.90 Å². The second kappa shape index (κ2) is 17.4. The molecule has 0 heterocycles. The van der Waals surface area contributed by atoms with E-state index in [0.29, 0.717) is 11.9 Å². The van der Waals surface area contributed by atoms with E-state index in [1.165, 1.54) is 51.4 Å². The number of unbranched alkanes of at least 4 members (excludes halogenated alkanes) is 10. The summed E-state index contributed by atoms with van der Waals surface area (Å²) in [6.07, 6.45) is 14.4. The first-order chi connectivity index (χ1) is 15.1. The second-order valence-electron chi connectivity index (χ2n) is 8.50. The van der Waals surface area contributed by atoms with Crippen LogP contribution in [0.15, 0.2) is 30.3 Å². The Bertz CT molecular complexity index is 604. The maximum absolute atomic E-state index is 13.6. The van der Waals surface area contributed by atoms with Crippen LogP contribution in [0, 0.1) is 0 Å². The minimum Gasteiger partial charge on any atom is -0.342 e. The van der Waals surface area contributed by atoms with Crippen molar-refractivity contribution in [2.75, 3.05) is 25.9 Å². The monoisotopic (exact) mass is 451 g/mol. The van der Waals surface area contributed by atoms with Gasteiger partial charge in [0, 0.05) is 18.4 Å². The molecule has 0 bridgehead atoms. The summed E-state index contributed by atoms with van der Waals surface area (Å²) in [7, 11) is -3.18. The minimum atomic E-state index is -3.18. The third kappa shape index (κ3) is 11.9. The number of carbonyl (C=O) groups is 1. The first kappa shape index (κ1) is 27.9. The maximum Gasteiger partial charge on any atom is 0.241 e. The zero-order valence-corrected chi connectivity index (χ0v) is 21.2. The molecular weight excluding hydrogens is 405 g/mol. The fraction of sp³-hybridized carbons (Fsp3) is 0.731. The van der Waals surface area contributed by atoms with Gasteiger partial charge in [0.25, 0.3) is 0 Å². The third-order valence-corrected chi connectivity index (χ3v) is 8.19. The summed E-state index contributed by atoms with van der Waals surface area (Å²) in [6, 6.07) is 9.24. The topological polar surface area (TPSA) is 46.6 Å². The largest absolute Gasteiger partial charge is 0.342 e. The summed E-state index contributed by atoms with van der Waals surface area (Å²) < 4.78 is 19.2. The maximum atomic E-state index is 13.6. The van der Waals surface area contributed by atoms with E-state index < -0.39 is 7.37 Å². The van der Waals surface area contributed by atoms with Gasteiger partial charge in [-0.3, -0.25) is 9.36 Å². The fourth-order valence-electron chi connectivity index (χ4n) is 3.88. The van der Waals surface area contributed by atoms with Crippen LogP contribution in [-0.4, -0.2) is 36.7 Å². The summed E-state index contributed by atoms with van der Waals surface area (Å²) in [5.74, 6) is -0.0252. The van der Waals surface area contributed by atoms with E-state index in [-0.39, 0.29) is 12.1 Å². The summed E-state index contributed by atoms with van der Waals surface area (Å²) in [5.41, 5.74) is 0. The van der Waals surface area contributed by atoms with Crippen molar-refractivity contribution in [3.05, 3.63) is 30.3 Å². The van der Waals surface area contributed by atoms with Crippen LogP contribution in [0.4, 0.5) is 0 Å². The standard InChI is InChI=1S/C26H46NO3P/c1-4-7-9-11-13-18-22-27(23-19-14-12-10-8-5-2)26(28)24-31(29,30-6-3)25-20-16-15-17-21-25/h15-17,20-21H,4-14,18-19,22-24H2,1-3H3. The molecule has 1 amide bonds. The predicted molar refractivity (Wildman–Crippen MR) is 134 cm³/mol. The Hall–Kier alpha value is -1.12. The van der Waals surface area contributed by atoms with E-state index in [0.717, 1.165) is 38.8 Å². The minimum absolute atomic E-state index is 0.0252. The Balaban J connectivity index is 2.69. The molecule has 5 heteroatoms. The van der Waals surface area contributed by atoms with Gasteiger partial charge in [-0.15, -0.1) is 0 Å². The van der Waals surface area contributed by atoms with Gasteiger partial charge in [-0.05, 0) is 31.9 Å². The Labute approximate surface area is 191 Å². The van der Waals surface area contributed by atoms with Crippen LogP contribution < -0.4 is 5.30 Å². The van der Waals surface area contributed by atoms with Gasteiger partial charge in [0.1, 0.15) is 6.16 Å². The van der Waals surface area contributed by atoms with Crippen molar-refractivity contribution in [3.63, 3.8) is 0 Å². The van der Waals surface area contributed by atoms with Gasteiger partial charge >= 0.3 is 0 Å². The lowest BCUT2D eigenvalue weighted by molar-refractivity contribution is -0.128. The number of nitrogens with zero attached hydrogens (tertiary/aromatic N) is 1. The van der Waals surface area contributed by atoms with E-state index in [2.05, 4.69) is 13.8 Å². The summed E-state index contributed by atoms with van der Waals surface area (Å²) in [6.45, 7) is 8.16. The van der Waals surface area contributed by atoms with Gasteiger partial charge in [0.2, 0.25) is 13.3 Å². The van der Waals surface area contributed by atoms with Crippen molar-refractivity contribution < 1.29 is 13.9 Å². The highest BCUT2D eigenvalue weighted by atomic mass is 31.2. The number of hydrogen-bond donors (Lipinski definition) is 0. The molecule has 1 aromatic carbocycles. The molecule has 0 saturated carbocycles. The van der Waals surface area contributed by atoms with Crippen molar-refractivity contribution in [1.29, 1.82) is 0 Å². The van der Waals surface area contributed by atoms with Crippen molar-refractivity contribution in [2.45, 2.75) is 97.8 Å². The molecule has 0 saturated heterocycles. The lowest BCUT2D eigenvalue weighted by Gasteiger charge is -2.26. The van der Waals surface area contributed by atoms with Gasteiger partial charge in [-0.1, -0.05) is 96.3 Å². The number of hydrogen-bond acceptors (Lipinski definition) is 3. The van der Waals surface area contributed by atoms with Crippen LogP contribution in [-0.2, 0) is 13.9 Å². The summed E-state index contributed by atoms with van der Waals surface area (Å²) >= 11 is 0. The Kier molecular flexibility index (Phi) is 15.7. The first-order valence-electron chi connectivity index (χ1n) is 12.6. The number of benzene rings is 1. The number of carbonyl (C=O) groups excluding carboxylic acids is 1. The molecule has 1 aromatic rings. The molecule has 0 fully saturated rings. The molecule has 0 N–H and O–H groups in total. The van der Waals surface area contributed by atoms with Crippen LogP contribution in [0.1, 0.15) is 97.8 Å². The van der Waals surface area contributed by atoms with E-state index in [1.54, 1.807) is 0 Å². The molecule has 0 aliphatic heterocycles.